The summed E-state index contributed by atoms with van der Waals surface area (Å²) in [4.78, 5) is 25.1. The van der Waals surface area contributed by atoms with Crippen LogP contribution < -0.4 is 20.1 Å². The second kappa shape index (κ2) is 12.1. The predicted octanol–water partition coefficient (Wildman–Crippen LogP) is 2.81. The first-order valence-electron chi connectivity index (χ1n) is 10.6. The fourth-order valence-electron chi connectivity index (χ4n) is 3.24. The Balaban J connectivity index is 2.20. The van der Waals surface area contributed by atoms with Gasteiger partial charge in [-0.05, 0) is 42.7 Å². The number of hydrogen-bond acceptors (Lipinski definition) is 6. The van der Waals surface area contributed by atoms with Gasteiger partial charge in [0, 0.05) is 13.6 Å². The van der Waals surface area contributed by atoms with Gasteiger partial charge in [0.25, 0.3) is 15.9 Å². The number of para-hydroxylation sites is 1. The van der Waals surface area contributed by atoms with Crippen LogP contribution in [0, 0.1) is 0 Å². The lowest BCUT2D eigenvalue weighted by Gasteiger charge is -2.23. The van der Waals surface area contributed by atoms with Crippen LogP contribution >= 0.6 is 0 Å². The highest BCUT2D eigenvalue weighted by Gasteiger charge is 2.31. The summed E-state index contributed by atoms with van der Waals surface area (Å²) < 4.78 is 37.4. The van der Waals surface area contributed by atoms with Crippen molar-refractivity contribution in [3.05, 3.63) is 53.6 Å². The fourth-order valence-corrected chi connectivity index (χ4v) is 4.78. The molecule has 10 heteroatoms. The molecular formula is C23H31N3O6S. The molecule has 180 valence electrons. The van der Waals surface area contributed by atoms with E-state index in [4.69, 9.17) is 9.47 Å². The van der Waals surface area contributed by atoms with E-state index >= 15 is 0 Å². The van der Waals surface area contributed by atoms with E-state index in [0.717, 1.165) is 24.8 Å². The van der Waals surface area contributed by atoms with Gasteiger partial charge in [0.15, 0.2) is 0 Å². The summed E-state index contributed by atoms with van der Waals surface area (Å²) in [6.07, 6.45) is 2.86. The van der Waals surface area contributed by atoms with Crippen LogP contribution in [0.1, 0.15) is 35.7 Å². The quantitative estimate of drug-likeness (QED) is 0.514. The van der Waals surface area contributed by atoms with Gasteiger partial charge in [-0.15, -0.1) is 0 Å². The fraction of sp³-hybridized carbons (Fsp3) is 0.391. The first kappa shape index (κ1) is 26.0. The Hall–Kier alpha value is -3.27. The Kier molecular flexibility index (Phi) is 9.53. The molecule has 0 atom stereocenters. The topological polar surface area (TPSA) is 114 Å². The number of aryl methyl sites for hydroxylation is 1. The zero-order valence-corrected chi connectivity index (χ0v) is 20.2. The van der Waals surface area contributed by atoms with Crippen LogP contribution in [-0.4, -0.2) is 59.0 Å². The van der Waals surface area contributed by atoms with Crippen LogP contribution in [0.25, 0.3) is 0 Å². The number of nitrogens with zero attached hydrogens (tertiary/aromatic N) is 1. The average molecular weight is 478 g/mol. The van der Waals surface area contributed by atoms with Gasteiger partial charge in [-0.3, -0.25) is 4.79 Å². The highest BCUT2D eigenvalue weighted by Crippen LogP contribution is 2.26. The zero-order valence-electron chi connectivity index (χ0n) is 19.4. The molecule has 0 bridgehead atoms. The van der Waals surface area contributed by atoms with Gasteiger partial charge in [-0.2, -0.15) is 0 Å². The summed E-state index contributed by atoms with van der Waals surface area (Å²) >= 11 is 0. The number of hydrogen-bond donors (Lipinski definition) is 2. The molecule has 2 aromatic carbocycles. The maximum absolute atomic E-state index is 13.2. The van der Waals surface area contributed by atoms with Gasteiger partial charge >= 0.3 is 6.03 Å². The number of urea groups is 1. The van der Waals surface area contributed by atoms with Crippen molar-refractivity contribution in [1.29, 1.82) is 0 Å². The van der Waals surface area contributed by atoms with Gasteiger partial charge < -0.3 is 20.1 Å². The molecule has 0 spiro atoms. The molecule has 3 amide bonds. The molecule has 2 N–H and O–H groups in total. The van der Waals surface area contributed by atoms with Crippen LogP contribution in [0.15, 0.2) is 47.4 Å². The lowest BCUT2D eigenvalue weighted by atomic mass is 10.0. The third kappa shape index (κ3) is 6.38. The van der Waals surface area contributed by atoms with Gasteiger partial charge in [0.05, 0.1) is 26.3 Å². The Morgan fingerprint density at radius 2 is 1.73 bits per heavy atom. The molecule has 33 heavy (non-hydrogen) atoms. The van der Waals surface area contributed by atoms with Crippen molar-refractivity contribution >= 4 is 22.0 Å². The highest BCUT2D eigenvalue weighted by atomic mass is 32.2. The molecular weight excluding hydrogens is 446 g/mol. The van der Waals surface area contributed by atoms with Crippen LogP contribution in [0.3, 0.4) is 0 Å². The number of carbonyl (C=O) groups is 2. The summed E-state index contributed by atoms with van der Waals surface area (Å²) in [5.41, 5.74) is 1.36. The van der Waals surface area contributed by atoms with Crippen LogP contribution in [0.5, 0.6) is 11.5 Å². The lowest BCUT2D eigenvalue weighted by molar-refractivity contribution is 0.0948. The minimum atomic E-state index is -4.23. The molecule has 0 unspecified atom stereocenters. The number of amides is 3. The molecule has 0 aliphatic heterocycles. The summed E-state index contributed by atoms with van der Waals surface area (Å²) in [7, 11) is -0.0704. The van der Waals surface area contributed by atoms with Crippen molar-refractivity contribution in [2.45, 2.75) is 31.1 Å². The van der Waals surface area contributed by atoms with Gasteiger partial charge in [0.1, 0.15) is 16.4 Å². The van der Waals surface area contributed by atoms with E-state index in [1.165, 1.54) is 39.5 Å². The molecule has 9 nitrogen and oxygen atoms in total. The monoisotopic (exact) mass is 477 g/mol. The molecule has 2 rings (SSSR count). The van der Waals surface area contributed by atoms with Gasteiger partial charge in [-0.25, -0.2) is 17.5 Å². The number of benzene rings is 2. The van der Waals surface area contributed by atoms with Crippen molar-refractivity contribution in [3.8, 4) is 11.5 Å². The summed E-state index contributed by atoms with van der Waals surface area (Å²) in [6, 6.07) is 10.6. The summed E-state index contributed by atoms with van der Waals surface area (Å²) in [5, 5.41) is 5.01. The Morgan fingerprint density at radius 3 is 2.36 bits per heavy atom. The van der Waals surface area contributed by atoms with Crippen molar-refractivity contribution < 1.29 is 27.5 Å². The smallest absolute Gasteiger partial charge is 0.331 e. The molecule has 0 aliphatic carbocycles. The molecule has 0 radical (unpaired) electrons. The minimum Gasteiger partial charge on any atom is -0.496 e. The van der Waals surface area contributed by atoms with E-state index in [1.807, 2.05) is 6.07 Å². The van der Waals surface area contributed by atoms with E-state index in [1.54, 1.807) is 18.2 Å². The number of nitrogens with one attached hydrogen (secondary N) is 2. The largest absolute Gasteiger partial charge is 0.496 e. The maximum atomic E-state index is 13.2. The standard InChI is InChI=1S/C23H31N3O6S/c1-5-6-9-17-12-13-19(31-3)18(16-17)22(27)25-14-15-26(23(28)24-2)33(29,30)21-11-8-7-10-20(21)32-4/h7-8,10-13,16H,5-6,9,14-15H2,1-4H3,(H,24,28)(H,25,27). The van der Waals surface area contributed by atoms with E-state index in [9.17, 15) is 18.0 Å². The molecule has 0 aliphatic rings. The third-order valence-electron chi connectivity index (χ3n) is 5.01. The Morgan fingerprint density at radius 1 is 1.03 bits per heavy atom. The molecule has 0 saturated carbocycles. The maximum Gasteiger partial charge on any atom is 0.331 e. The first-order valence-corrected chi connectivity index (χ1v) is 12.1. The molecule has 0 aromatic heterocycles. The molecule has 0 fully saturated rings. The van der Waals surface area contributed by atoms with Crippen molar-refractivity contribution in [2.75, 3.05) is 34.4 Å². The number of ether oxygens (including phenoxy) is 2. The molecule has 2 aromatic rings. The SMILES string of the molecule is CCCCc1ccc(OC)c(C(=O)NCCN(C(=O)NC)S(=O)(=O)c2ccccc2OC)c1. The Labute approximate surface area is 195 Å². The minimum absolute atomic E-state index is 0.0943. The normalized spacial score (nSPS) is 10.9. The Bertz CT molecular complexity index is 1070. The summed E-state index contributed by atoms with van der Waals surface area (Å²) in [5.74, 6) is 0.110. The summed E-state index contributed by atoms with van der Waals surface area (Å²) in [6.45, 7) is 1.72. The predicted molar refractivity (Wildman–Crippen MR) is 125 cm³/mol. The van der Waals surface area contributed by atoms with Crippen molar-refractivity contribution in [1.82, 2.24) is 14.9 Å². The first-order chi connectivity index (χ1) is 15.8. The van der Waals surface area contributed by atoms with E-state index in [2.05, 4.69) is 17.6 Å². The van der Waals surface area contributed by atoms with Crippen LogP contribution in [0.2, 0.25) is 0 Å². The molecule has 0 saturated heterocycles. The number of methoxy groups -OCH3 is 2. The van der Waals surface area contributed by atoms with Crippen LogP contribution in [-0.2, 0) is 16.4 Å². The second-order valence-corrected chi connectivity index (χ2v) is 9.01. The zero-order chi connectivity index (χ0) is 24.4. The third-order valence-corrected chi connectivity index (χ3v) is 6.83. The number of rotatable bonds is 11. The number of unbranched alkanes of at least 4 members (excludes halogenated alkanes) is 1. The number of carbonyl (C=O) groups excluding carboxylic acids is 2. The van der Waals surface area contributed by atoms with E-state index in [0.29, 0.717) is 15.6 Å². The van der Waals surface area contributed by atoms with Gasteiger partial charge in [-0.1, -0.05) is 31.5 Å². The van der Waals surface area contributed by atoms with Gasteiger partial charge in [0.2, 0.25) is 0 Å². The lowest BCUT2D eigenvalue weighted by Crippen LogP contribution is -2.46. The highest BCUT2D eigenvalue weighted by molar-refractivity contribution is 7.89. The molecule has 0 heterocycles. The van der Waals surface area contributed by atoms with E-state index in [-0.39, 0.29) is 23.7 Å². The van der Waals surface area contributed by atoms with Crippen molar-refractivity contribution in [3.63, 3.8) is 0 Å². The number of sulfonamides is 1. The van der Waals surface area contributed by atoms with Crippen molar-refractivity contribution in [2.24, 2.45) is 0 Å². The average Bonchev–Trinajstić information content (AvgIpc) is 2.84. The van der Waals surface area contributed by atoms with Crippen LogP contribution in [0.4, 0.5) is 4.79 Å². The second-order valence-electron chi connectivity index (χ2n) is 7.18. The van der Waals surface area contributed by atoms with E-state index < -0.39 is 22.0 Å².